The molecule has 0 radical (unpaired) electrons. The van der Waals surface area contributed by atoms with Crippen molar-refractivity contribution in [2.24, 2.45) is 0 Å². The number of halogens is 2. The van der Waals surface area contributed by atoms with Gasteiger partial charge in [0.2, 0.25) is 0 Å². The van der Waals surface area contributed by atoms with Gasteiger partial charge in [0.05, 0.1) is 10.0 Å². The summed E-state index contributed by atoms with van der Waals surface area (Å²) >= 11 is 13.7. The third-order valence-electron chi connectivity index (χ3n) is 3.23. The zero-order valence-corrected chi connectivity index (χ0v) is 13.5. The summed E-state index contributed by atoms with van der Waals surface area (Å²) in [4.78, 5) is 14.3. The van der Waals surface area contributed by atoms with Gasteiger partial charge in [-0.2, -0.15) is 0 Å². The minimum absolute atomic E-state index is 0.0794. The molecule has 1 atom stereocenters. The Labute approximate surface area is 136 Å². The van der Waals surface area contributed by atoms with Crippen LogP contribution in [0, 0.1) is 6.92 Å². The summed E-state index contributed by atoms with van der Waals surface area (Å²) in [5, 5.41) is 4.72. The van der Waals surface area contributed by atoms with Crippen molar-refractivity contribution < 1.29 is 9.32 Å². The van der Waals surface area contributed by atoms with E-state index in [1.165, 1.54) is 0 Å². The molecule has 1 saturated heterocycles. The Morgan fingerprint density at radius 2 is 2.19 bits per heavy atom. The SMILES string of the molecule is Cc1cc(C(=O)N2CCS[C@H]2c2ccc(Cl)c(Cl)c2)no1. The van der Waals surface area contributed by atoms with Crippen LogP contribution in [-0.2, 0) is 0 Å². The van der Waals surface area contributed by atoms with Gasteiger partial charge in [-0.05, 0) is 24.6 Å². The Balaban J connectivity index is 1.88. The molecule has 2 aromatic rings. The molecule has 1 aliphatic heterocycles. The number of rotatable bonds is 2. The molecule has 1 fully saturated rings. The summed E-state index contributed by atoms with van der Waals surface area (Å²) in [5.74, 6) is 1.36. The van der Waals surface area contributed by atoms with Crippen LogP contribution in [0.3, 0.4) is 0 Å². The Kier molecular flexibility index (Phi) is 4.15. The molecule has 110 valence electrons. The number of aryl methyl sites for hydroxylation is 1. The molecule has 2 heterocycles. The van der Waals surface area contributed by atoms with E-state index in [0.717, 1.165) is 11.3 Å². The summed E-state index contributed by atoms with van der Waals surface area (Å²) in [7, 11) is 0. The van der Waals surface area contributed by atoms with Crippen LogP contribution in [-0.4, -0.2) is 28.3 Å². The molecule has 0 aliphatic carbocycles. The van der Waals surface area contributed by atoms with Crippen LogP contribution >= 0.6 is 35.0 Å². The maximum atomic E-state index is 12.5. The largest absolute Gasteiger partial charge is 0.361 e. The fourth-order valence-corrected chi connectivity index (χ4v) is 3.79. The monoisotopic (exact) mass is 342 g/mol. The average Bonchev–Trinajstić information content (AvgIpc) is 3.10. The zero-order chi connectivity index (χ0) is 15.0. The number of thioether (sulfide) groups is 1. The van der Waals surface area contributed by atoms with Crippen molar-refractivity contribution in [1.82, 2.24) is 10.1 Å². The maximum Gasteiger partial charge on any atom is 0.277 e. The van der Waals surface area contributed by atoms with Crippen molar-refractivity contribution in [1.29, 1.82) is 0 Å². The van der Waals surface area contributed by atoms with E-state index < -0.39 is 0 Å². The van der Waals surface area contributed by atoms with Crippen molar-refractivity contribution in [2.45, 2.75) is 12.3 Å². The second kappa shape index (κ2) is 5.91. The number of carbonyl (C=O) groups is 1. The summed E-state index contributed by atoms with van der Waals surface area (Å²) in [6.07, 6.45) is 0. The molecule has 21 heavy (non-hydrogen) atoms. The van der Waals surface area contributed by atoms with E-state index in [4.69, 9.17) is 27.7 Å². The van der Waals surface area contributed by atoms with Gasteiger partial charge in [-0.25, -0.2) is 0 Å². The zero-order valence-electron chi connectivity index (χ0n) is 11.2. The Bertz CT molecular complexity index is 689. The molecule has 4 nitrogen and oxygen atoms in total. The van der Waals surface area contributed by atoms with Crippen molar-refractivity contribution >= 4 is 40.9 Å². The normalized spacial score (nSPS) is 18.2. The molecule has 1 aromatic heterocycles. The van der Waals surface area contributed by atoms with Gasteiger partial charge < -0.3 is 9.42 Å². The van der Waals surface area contributed by atoms with Crippen molar-refractivity contribution in [3.05, 3.63) is 51.3 Å². The third-order valence-corrected chi connectivity index (χ3v) is 5.23. The highest BCUT2D eigenvalue weighted by molar-refractivity contribution is 7.99. The number of nitrogens with zero attached hydrogens (tertiary/aromatic N) is 2. The highest BCUT2D eigenvalue weighted by Crippen LogP contribution is 2.40. The lowest BCUT2D eigenvalue weighted by Gasteiger charge is -2.23. The van der Waals surface area contributed by atoms with Crippen LogP contribution in [0.5, 0.6) is 0 Å². The van der Waals surface area contributed by atoms with Gasteiger partial charge in [-0.1, -0.05) is 34.4 Å². The molecule has 3 rings (SSSR count). The number of hydrogen-bond acceptors (Lipinski definition) is 4. The Hall–Kier alpha value is -1.17. The van der Waals surface area contributed by atoms with E-state index in [1.54, 1.807) is 41.8 Å². The molecule has 0 bridgehead atoms. The van der Waals surface area contributed by atoms with Gasteiger partial charge in [0.25, 0.3) is 5.91 Å². The topological polar surface area (TPSA) is 46.3 Å². The first-order chi connectivity index (χ1) is 10.1. The van der Waals surface area contributed by atoms with E-state index in [9.17, 15) is 4.79 Å². The molecule has 7 heteroatoms. The lowest BCUT2D eigenvalue weighted by atomic mass is 10.2. The first kappa shape index (κ1) is 14.8. The highest BCUT2D eigenvalue weighted by Gasteiger charge is 2.32. The standard InChI is InChI=1S/C14H12Cl2N2O2S/c1-8-6-12(17-20-8)13(19)18-4-5-21-14(18)9-2-3-10(15)11(16)7-9/h2-3,6-7,14H,4-5H2,1H3/t14-/m0/s1. The van der Waals surface area contributed by atoms with Crippen LogP contribution in [0.15, 0.2) is 28.8 Å². The summed E-state index contributed by atoms with van der Waals surface area (Å²) in [6.45, 7) is 2.43. The predicted molar refractivity (Wildman–Crippen MR) is 83.9 cm³/mol. The quantitative estimate of drug-likeness (QED) is 0.821. The molecular formula is C14H12Cl2N2O2S. The summed E-state index contributed by atoms with van der Waals surface area (Å²) in [5.41, 5.74) is 1.29. The van der Waals surface area contributed by atoms with Crippen LogP contribution in [0.25, 0.3) is 0 Å². The fraction of sp³-hybridized carbons (Fsp3) is 0.286. The molecule has 0 unspecified atom stereocenters. The number of hydrogen-bond donors (Lipinski definition) is 0. The number of benzene rings is 1. The second-order valence-electron chi connectivity index (χ2n) is 4.72. The molecule has 0 saturated carbocycles. The van der Waals surface area contributed by atoms with E-state index in [1.807, 2.05) is 6.07 Å². The van der Waals surface area contributed by atoms with E-state index in [-0.39, 0.29) is 11.3 Å². The third kappa shape index (κ3) is 2.91. The lowest BCUT2D eigenvalue weighted by molar-refractivity contribution is 0.0750. The molecule has 1 aromatic carbocycles. The number of carbonyl (C=O) groups excluding carboxylic acids is 1. The van der Waals surface area contributed by atoms with Gasteiger partial charge in [-0.15, -0.1) is 11.8 Å². The smallest absolute Gasteiger partial charge is 0.277 e. The molecule has 0 N–H and O–H groups in total. The lowest BCUT2D eigenvalue weighted by Crippen LogP contribution is -2.30. The molecule has 0 spiro atoms. The molecule has 1 aliphatic rings. The second-order valence-corrected chi connectivity index (χ2v) is 6.72. The first-order valence-corrected chi connectivity index (χ1v) is 8.17. The van der Waals surface area contributed by atoms with Crippen LogP contribution in [0.4, 0.5) is 0 Å². The molecular weight excluding hydrogens is 331 g/mol. The minimum Gasteiger partial charge on any atom is -0.361 e. The van der Waals surface area contributed by atoms with Gasteiger partial charge in [0, 0.05) is 18.4 Å². The van der Waals surface area contributed by atoms with E-state index in [2.05, 4.69) is 5.16 Å². The number of amides is 1. The molecule has 1 amide bonds. The van der Waals surface area contributed by atoms with E-state index in [0.29, 0.717) is 28.0 Å². The highest BCUT2D eigenvalue weighted by atomic mass is 35.5. The van der Waals surface area contributed by atoms with Gasteiger partial charge >= 0.3 is 0 Å². The van der Waals surface area contributed by atoms with Crippen LogP contribution in [0.1, 0.15) is 27.2 Å². The predicted octanol–water partition coefficient (Wildman–Crippen LogP) is 4.18. The number of aromatic nitrogens is 1. The van der Waals surface area contributed by atoms with Gasteiger partial charge in [-0.3, -0.25) is 4.79 Å². The van der Waals surface area contributed by atoms with Gasteiger partial charge in [0.15, 0.2) is 5.69 Å². The fourth-order valence-electron chi connectivity index (χ4n) is 2.23. The van der Waals surface area contributed by atoms with Crippen molar-refractivity contribution in [3.8, 4) is 0 Å². The summed E-state index contributed by atoms with van der Waals surface area (Å²) in [6, 6.07) is 7.10. The first-order valence-electron chi connectivity index (χ1n) is 6.37. The maximum absolute atomic E-state index is 12.5. The Morgan fingerprint density at radius 1 is 1.38 bits per heavy atom. The Morgan fingerprint density at radius 3 is 2.86 bits per heavy atom. The van der Waals surface area contributed by atoms with Crippen LogP contribution < -0.4 is 0 Å². The summed E-state index contributed by atoms with van der Waals surface area (Å²) < 4.78 is 4.98. The minimum atomic E-state index is -0.132. The average molecular weight is 343 g/mol. The van der Waals surface area contributed by atoms with Gasteiger partial charge in [0.1, 0.15) is 11.1 Å². The van der Waals surface area contributed by atoms with E-state index >= 15 is 0 Å². The van der Waals surface area contributed by atoms with Crippen molar-refractivity contribution in [2.75, 3.05) is 12.3 Å². The van der Waals surface area contributed by atoms with Crippen LogP contribution in [0.2, 0.25) is 10.0 Å². The van der Waals surface area contributed by atoms with Crippen molar-refractivity contribution in [3.63, 3.8) is 0 Å².